The highest BCUT2D eigenvalue weighted by molar-refractivity contribution is 5.85. The highest BCUT2D eigenvalue weighted by Gasteiger charge is 2.17. The molecule has 0 aliphatic heterocycles. The van der Waals surface area contributed by atoms with Crippen LogP contribution < -0.4 is 24.8 Å². The lowest BCUT2D eigenvalue weighted by Crippen LogP contribution is -2.14. The SMILES string of the molecule is COc1cc(Cc2cnc(N(C)c3cc(C(C)C)no3)nc2N)cc(OC)c1OC.Cl. The zero-order valence-corrected chi connectivity index (χ0v) is 19.3. The number of methoxy groups -OCH3 is 3. The highest BCUT2D eigenvalue weighted by atomic mass is 35.5. The fraction of sp³-hybridized carbons (Fsp3) is 0.381. The van der Waals surface area contributed by atoms with E-state index in [0.717, 1.165) is 16.8 Å². The van der Waals surface area contributed by atoms with Crippen molar-refractivity contribution >= 4 is 30.1 Å². The topological polar surface area (TPSA) is 109 Å². The predicted octanol–water partition coefficient (Wildman–Crippen LogP) is 3.98. The first-order valence-electron chi connectivity index (χ1n) is 9.48. The number of benzene rings is 1. The van der Waals surface area contributed by atoms with Crippen molar-refractivity contribution < 1.29 is 18.7 Å². The Hall–Kier alpha value is -3.20. The van der Waals surface area contributed by atoms with Gasteiger partial charge < -0.3 is 24.5 Å². The van der Waals surface area contributed by atoms with Gasteiger partial charge in [0.25, 0.3) is 0 Å². The number of nitrogens with two attached hydrogens (primary N) is 1. The Morgan fingerprint density at radius 2 is 1.71 bits per heavy atom. The van der Waals surface area contributed by atoms with E-state index < -0.39 is 0 Å². The van der Waals surface area contributed by atoms with Gasteiger partial charge in [-0.05, 0) is 23.6 Å². The standard InChI is InChI=1S/C21H27N5O4.ClH/c1-12(2)15-10-18(30-25-15)26(3)21-23-11-14(20(22)24-21)7-13-8-16(27-4)19(29-6)17(9-13)28-5;/h8-12H,7H2,1-6H3,(H2,22,23,24);1H. The first-order valence-corrected chi connectivity index (χ1v) is 9.48. The van der Waals surface area contributed by atoms with Gasteiger partial charge in [-0.1, -0.05) is 19.0 Å². The largest absolute Gasteiger partial charge is 0.493 e. The minimum atomic E-state index is 0. The highest BCUT2D eigenvalue weighted by Crippen LogP contribution is 2.39. The number of nitrogens with zero attached hydrogens (tertiary/aromatic N) is 4. The number of hydrogen-bond donors (Lipinski definition) is 1. The van der Waals surface area contributed by atoms with Crippen molar-refractivity contribution in [3.63, 3.8) is 0 Å². The number of anilines is 3. The summed E-state index contributed by atoms with van der Waals surface area (Å²) in [4.78, 5) is 10.6. The molecule has 0 bridgehead atoms. The molecule has 3 rings (SSSR count). The molecule has 0 radical (unpaired) electrons. The molecule has 3 aromatic rings. The summed E-state index contributed by atoms with van der Waals surface area (Å²) in [5.74, 6) is 3.32. The summed E-state index contributed by atoms with van der Waals surface area (Å²) in [7, 11) is 6.53. The molecular weight excluding hydrogens is 422 g/mol. The lowest BCUT2D eigenvalue weighted by molar-refractivity contribution is 0.324. The van der Waals surface area contributed by atoms with E-state index in [4.69, 9.17) is 24.5 Å². The maximum Gasteiger partial charge on any atom is 0.234 e. The van der Waals surface area contributed by atoms with Gasteiger partial charge in [0, 0.05) is 31.3 Å². The molecule has 0 aliphatic carbocycles. The molecule has 1 aromatic carbocycles. The van der Waals surface area contributed by atoms with E-state index in [-0.39, 0.29) is 18.3 Å². The minimum Gasteiger partial charge on any atom is -0.493 e. The van der Waals surface area contributed by atoms with E-state index in [1.165, 1.54) is 0 Å². The molecule has 0 saturated heterocycles. The summed E-state index contributed by atoms with van der Waals surface area (Å²) in [5, 5.41) is 4.07. The molecule has 0 spiro atoms. The maximum atomic E-state index is 6.22. The van der Waals surface area contributed by atoms with E-state index in [1.54, 1.807) is 39.5 Å². The summed E-state index contributed by atoms with van der Waals surface area (Å²) in [6.45, 7) is 4.10. The molecule has 0 fully saturated rings. The number of hydrogen-bond acceptors (Lipinski definition) is 9. The van der Waals surface area contributed by atoms with Gasteiger partial charge in [0.15, 0.2) is 11.5 Å². The Labute approximate surface area is 187 Å². The Kier molecular flexibility index (Phi) is 7.93. The van der Waals surface area contributed by atoms with Gasteiger partial charge in [-0.3, -0.25) is 4.90 Å². The van der Waals surface area contributed by atoms with Crippen LogP contribution in [-0.4, -0.2) is 43.5 Å². The Balaban J connectivity index is 0.00000341. The van der Waals surface area contributed by atoms with E-state index in [1.807, 2.05) is 32.0 Å². The monoisotopic (exact) mass is 449 g/mol. The van der Waals surface area contributed by atoms with Crippen LogP contribution in [0, 0.1) is 0 Å². The quantitative estimate of drug-likeness (QED) is 0.546. The molecule has 31 heavy (non-hydrogen) atoms. The Morgan fingerprint density at radius 3 is 2.19 bits per heavy atom. The summed E-state index contributed by atoms with van der Waals surface area (Å²) < 4.78 is 21.6. The molecule has 0 aliphatic rings. The van der Waals surface area contributed by atoms with Crippen LogP contribution in [0.5, 0.6) is 17.2 Å². The minimum absolute atomic E-state index is 0. The average molecular weight is 450 g/mol. The lowest BCUT2D eigenvalue weighted by Gasteiger charge is -2.16. The van der Waals surface area contributed by atoms with Gasteiger partial charge in [0.2, 0.25) is 17.6 Å². The van der Waals surface area contributed by atoms with E-state index >= 15 is 0 Å². The first kappa shape index (κ1) is 24.1. The summed E-state index contributed by atoms with van der Waals surface area (Å²) >= 11 is 0. The van der Waals surface area contributed by atoms with E-state index in [2.05, 4.69) is 15.1 Å². The van der Waals surface area contributed by atoms with Crippen LogP contribution in [0.3, 0.4) is 0 Å². The van der Waals surface area contributed by atoms with E-state index in [0.29, 0.717) is 41.3 Å². The van der Waals surface area contributed by atoms with Gasteiger partial charge in [0.05, 0.1) is 27.0 Å². The summed E-state index contributed by atoms with van der Waals surface area (Å²) in [6, 6.07) is 5.62. The van der Waals surface area contributed by atoms with Gasteiger partial charge in [-0.2, -0.15) is 4.98 Å². The molecule has 2 aromatic heterocycles. The zero-order valence-electron chi connectivity index (χ0n) is 18.5. The van der Waals surface area contributed by atoms with Crippen molar-refractivity contribution in [3.8, 4) is 17.2 Å². The van der Waals surface area contributed by atoms with Crippen LogP contribution in [0.2, 0.25) is 0 Å². The second kappa shape index (κ2) is 10.2. The van der Waals surface area contributed by atoms with Crippen LogP contribution >= 0.6 is 12.4 Å². The number of halogens is 1. The number of aromatic nitrogens is 3. The van der Waals surface area contributed by atoms with E-state index in [9.17, 15) is 0 Å². The van der Waals surface area contributed by atoms with Crippen molar-refractivity contribution in [2.75, 3.05) is 39.0 Å². The Bertz CT molecular complexity index is 1000. The predicted molar refractivity (Wildman–Crippen MR) is 121 cm³/mol. The third-order valence-corrected chi connectivity index (χ3v) is 4.74. The molecular formula is C21H28ClN5O4. The molecule has 0 amide bonds. The second-order valence-electron chi connectivity index (χ2n) is 7.09. The van der Waals surface area contributed by atoms with Crippen molar-refractivity contribution in [2.45, 2.75) is 26.2 Å². The van der Waals surface area contributed by atoms with Crippen molar-refractivity contribution in [2.24, 2.45) is 0 Å². The van der Waals surface area contributed by atoms with Crippen LogP contribution in [0.4, 0.5) is 17.7 Å². The number of rotatable bonds is 8. The third kappa shape index (κ3) is 5.11. The van der Waals surface area contributed by atoms with Crippen LogP contribution in [0.1, 0.15) is 36.6 Å². The van der Waals surface area contributed by atoms with Crippen molar-refractivity contribution in [1.82, 2.24) is 15.1 Å². The normalized spacial score (nSPS) is 10.5. The molecule has 2 N–H and O–H groups in total. The average Bonchev–Trinajstić information content (AvgIpc) is 3.24. The van der Waals surface area contributed by atoms with Gasteiger partial charge in [-0.25, -0.2) is 4.98 Å². The Morgan fingerprint density at radius 1 is 1.06 bits per heavy atom. The van der Waals surface area contributed by atoms with Gasteiger partial charge in [-0.15, -0.1) is 12.4 Å². The number of nitrogen functional groups attached to an aromatic ring is 1. The fourth-order valence-electron chi connectivity index (χ4n) is 2.97. The fourth-order valence-corrected chi connectivity index (χ4v) is 2.97. The number of ether oxygens (including phenoxy) is 3. The van der Waals surface area contributed by atoms with Crippen molar-refractivity contribution in [3.05, 3.63) is 41.2 Å². The smallest absolute Gasteiger partial charge is 0.234 e. The molecule has 2 heterocycles. The molecule has 9 nitrogen and oxygen atoms in total. The van der Waals surface area contributed by atoms with Crippen LogP contribution in [0.25, 0.3) is 0 Å². The summed E-state index contributed by atoms with van der Waals surface area (Å²) in [6.07, 6.45) is 2.21. The second-order valence-corrected chi connectivity index (χ2v) is 7.09. The summed E-state index contributed by atoms with van der Waals surface area (Å²) in [5.41, 5.74) is 8.80. The van der Waals surface area contributed by atoms with Gasteiger partial charge >= 0.3 is 0 Å². The zero-order chi connectivity index (χ0) is 21.8. The molecule has 0 unspecified atom stereocenters. The molecule has 0 atom stereocenters. The molecule has 168 valence electrons. The molecule has 10 heteroatoms. The van der Waals surface area contributed by atoms with Crippen LogP contribution in [0.15, 0.2) is 28.9 Å². The lowest BCUT2D eigenvalue weighted by atomic mass is 10.1. The maximum absolute atomic E-state index is 6.22. The van der Waals surface area contributed by atoms with Crippen molar-refractivity contribution in [1.29, 1.82) is 0 Å². The molecule has 0 saturated carbocycles. The first-order chi connectivity index (χ1) is 14.4. The third-order valence-electron chi connectivity index (χ3n) is 4.74. The van der Waals surface area contributed by atoms with Gasteiger partial charge in [0.1, 0.15) is 5.82 Å². The van der Waals surface area contributed by atoms with Crippen LogP contribution in [-0.2, 0) is 6.42 Å².